The van der Waals surface area contributed by atoms with Gasteiger partial charge in [0.25, 0.3) is 0 Å². The van der Waals surface area contributed by atoms with Crippen molar-refractivity contribution in [2.24, 2.45) is 0 Å². The molecule has 25 heavy (non-hydrogen) atoms. The molecule has 0 aliphatic rings. The molecule has 6 heteroatoms. The molecule has 3 aromatic carbocycles. The summed E-state index contributed by atoms with van der Waals surface area (Å²) >= 11 is 0. The molecule has 0 aromatic heterocycles. The summed E-state index contributed by atoms with van der Waals surface area (Å²) in [4.78, 5) is 0. The molecule has 0 radical (unpaired) electrons. The van der Waals surface area contributed by atoms with Gasteiger partial charge in [-0.2, -0.15) is 0 Å². The van der Waals surface area contributed by atoms with E-state index in [0.29, 0.717) is 5.56 Å². The zero-order chi connectivity index (χ0) is 17.0. The Morgan fingerprint density at radius 3 is 1.64 bits per heavy atom. The molecule has 3 nitrogen and oxygen atoms in total. The molecule has 0 fully saturated rings. The van der Waals surface area contributed by atoms with Crippen LogP contribution in [0.1, 0.15) is 5.56 Å². The number of rotatable bonds is 5. The van der Waals surface area contributed by atoms with Crippen molar-refractivity contribution in [2.75, 3.05) is 0 Å². The van der Waals surface area contributed by atoms with Crippen molar-refractivity contribution >= 4 is 34.0 Å². The topological polar surface area (TPSA) is 57.2 Å². The van der Waals surface area contributed by atoms with E-state index in [2.05, 4.69) is 0 Å². The Kier molecular flexibility index (Phi) is 7.38. The average molecular weight is 378 g/mol. The zero-order valence-corrected chi connectivity index (χ0v) is 17.6. The molecule has 0 saturated heterocycles. The second-order valence-corrected chi connectivity index (χ2v) is 8.93. The molecule has 3 aromatic rings. The van der Waals surface area contributed by atoms with Crippen molar-refractivity contribution in [3.63, 3.8) is 0 Å². The summed E-state index contributed by atoms with van der Waals surface area (Å²) in [7, 11) is -5.26. The third kappa shape index (κ3) is 5.49. The maximum atomic E-state index is 11.3. The summed E-state index contributed by atoms with van der Waals surface area (Å²) in [5, 5.41) is 3.15. The van der Waals surface area contributed by atoms with E-state index >= 15 is 0 Å². The van der Waals surface area contributed by atoms with Gasteiger partial charge in [-0.3, -0.25) is 0 Å². The van der Waals surface area contributed by atoms with Crippen LogP contribution in [0, 0.1) is 0 Å². The van der Waals surface area contributed by atoms with Gasteiger partial charge in [-0.25, -0.2) is 8.42 Å². The molecule has 122 valence electrons. The number of hydrogen-bond acceptors (Lipinski definition) is 3. The molecule has 0 N–H and O–H groups in total. The van der Waals surface area contributed by atoms with E-state index in [-0.39, 0.29) is 29.6 Å². The molecule has 0 aliphatic heterocycles. The molecule has 0 atom stereocenters. The fourth-order valence-corrected chi connectivity index (χ4v) is 5.83. The normalized spacial score (nSPS) is 11.1. The van der Waals surface area contributed by atoms with Crippen LogP contribution in [-0.4, -0.2) is 13.0 Å². The predicted molar refractivity (Wildman–Crippen MR) is 98.5 cm³/mol. The minimum atomic E-state index is -4.34. The molecule has 0 spiro atoms. The summed E-state index contributed by atoms with van der Waals surface area (Å²) in [6.45, 7) is 0. The number of benzene rings is 3. The molecular weight excluding hydrogens is 362 g/mol. The van der Waals surface area contributed by atoms with Gasteiger partial charge in [0.15, 0.2) is 0 Å². The Morgan fingerprint density at radius 1 is 0.720 bits per heavy atom. The Morgan fingerprint density at radius 2 is 1.16 bits per heavy atom. The quantitative estimate of drug-likeness (QED) is 0.342. The Labute approximate surface area is 171 Å². The molecule has 0 heterocycles. The first-order valence-corrected chi connectivity index (χ1v) is 10.4. The van der Waals surface area contributed by atoms with Crippen LogP contribution < -0.4 is 45.5 Å². The smallest absolute Gasteiger partial charge is 0.748 e. The molecule has 0 bridgehead atoms. The van der Waals surface area contributed by atoms with Crippen molar-refractivity contribution in [2.45, 2.75) is 5.75 Å². The van der Waals surface area contributed by atoms with Crippen LogP contribution in [-0.2, 0) is 15.9 Å². The van der Waals surface area contributed by atoms with E-state index < -0.39 is 23.8 Å². The van der Waals surface area contributed by atoms with E-state index in [1.54, 1.807) is 12.1 Å². The van der Waals surface area contributed by atoms with Gasteiger partial charge < -0.3 is 4.55 Å². The van der Waals surface area contributed by atoms with Gasteiger partial charge in [-0.15, -0.1) is 0 Å². The Bertz CT molecular complexity index is 876. The average Bonchev–Trinajstić information content (AvgIpc) is 2.57. The van der Waals surface area contributed by atoms with Crippen LogP contribution in [0.3, 0.4) is 0 Å². The minimum Gasteiger partial charge on any atom is -0.748 e. The second kappa shape index (κ2) is 9.09. The van der Waals surface area contributed by atoms with E-state index in [4.69, 9.17) is 0 Å². The van der Waals surface area contributed by atoms with Crippen LogP contribution in [0.25, 0.3) is 0 Å². The van der Waals surface area contributed by atoms with Crippen LogP contribution in [0.2, 0.25) is 0 Å². The van der Waals surface area contributed by atoms with Crippen LogP contribution in [0.15, 0.2) is 84.9 Å². The van der Waals surface area contributed by atoms with Crippen molar-refractivity contribution in [3.05, 3.63) is 90.5 Å². The summed E-state index contributed by atoms with van der Waals surface area (Å²) in [5.41, 5.74) is 0.575. The molecule has 3 rings (SSSR count). The first-order valence-electron chi connectivity index (χ1n) is 7.46. The molecular formula is C19H16NaO3PS. The Hall–Kier alpha value is -1.000. The van der Waals surface area contributed by atoms with Gasteiger partial charge >= 0.3 is 29.6 Å². The largest absolute Gasteiger partial charge is 1.00 e. The third-order valence-corrected chi connectivity index (χ3v) is 6.81. The summed E-state index contributed by atoms with van der Waals surface area (Å²) in [6.07, 6.45) is 0. The second-order valence-electron chi connectivity index (χ2n) is 5.34. The number of hydrogen-bond donors (Lipinski definition) is 0. The van der Waals surface area contributed by atoms with E-state index in [1.807, 2.05) is 72.8 Å². The fraction of sp³-hybridized carbons (Fsp3) is 0.0526. The molecule has 0 aliphatic carbocycles. The third-order valence-electron chi connectivity index (χ3n) is 3.59. The van der Waals surface area contributed by atoms with Crippen LogP contribution in [0.5, 0.6) is 0 Å². The fourth-order valence-electron chi connectivity index (χ4n) is 2.62. The monoisotopic (exact) mass is 378 g/mol. The predicted octanol–water partition coefficient (Wildman–Crippen LogP) is -0.506. The van der Waals surface area contributed by atoms with Gasteiger partial charge in [0, 0.05) is 0 Å². The maximum absolute atomic E-state index is 11.3. The molecule has 0 unspecified atom stereocenters. The van der Waals surface area contributed by atoms with Gasteiger partial charge in [-0.05, 0) is 29.4 Å². The standard InChI is InChI=1S/C19H17O3PS.Na/c20-24(21,22)15-16-9-7-8-14-19(16)23(17-10-3-1-4-11-17)18-12-5-2-6-13-18;/h1-14H,15H2,(H,20,21,22);/q;+1/p-1. The first kappa shape index (κ1) is 20.3. The molecule has 0 amide bonds. The van der Waals surface area contributed by atoms with E-state index in [9.17, 15) is 13.0 Å². The molecule has 0 saturated carbocycles. The van der Waals surface area contributed by atoms with Crippen LogP contribution >= 0.6 is 7.92 Å². The summed E-state index contributed by atoms with van der Waals surface area (Å²) in [5.74, 6) is -0.484. The van der Waals surface area contributed by atoms with Crippen molar-refractivity contribution in [1.29, 1.82) is 0 Å². The van der Waals surface area contributed by atoms with Gasteiger partial charge in [0.1, 0.15) is 0 Å². The van der Waals surface area contributed by atoms with Crippen molar-refractivity contribution in [1.82, 2.24) is 0 Å². The first-order chi connectivity index (χ1) is 11.5. The van der Waals surface area contributed by atoms with Crippen LogP contribution in [0.4, 0.5) is 0 Å². The van der Waals surface area contributed by atoms with Crippen molar-refractivity contribution < 1.29 is 42.5 Å². The summed E-state index contributed by atoms with van der Waals surface area (Å²) in [6, 6.07) is 27.3. The Balaban J connectivity index is 0.00000225. The van der Waals surface area contributed by atoms with Gasteiger partial charge in [0.2, 0.25) is 0 Å². The van der Waals surface area contributed by atoms with Gasteiger partial charge in [-0.1, -0.05) is 84.9 Å². The minimum absolute atomic E-state index is 0. The summed E-state index contributed by atoms with van der Waals surface area (Å²) < 4.78 is 33.9. The van der Waals surface area contributed by atoms with E-state index in [1.165, 1.54) is 0 Å². The zero-order valence-electron chi connectivity index (χ0n) is 13.9. The van der Waals surface area contributed by atoms with Gasteiger partial charge in [0.05, 0.1) is 15.9 Å². The SMILES string of the molecule is O=S(=O)([O-])Cc1ccccc1P(c1ccccc1)c1ccccc1.[Na+]. The van der Waals surface area contributed by atoms with Crippen molar-refractivity contribution in [3.8, 4) is 0 Å². The van der Waals surface area contributed by atoms with E-state index in [0.717, 1.165) is 15.9 Å². The maximum Gasteiger partial charge on any atom is 1.00 e.